The highest BCUT2D eigenvalue weighted by molar-refractivity contribution is 6.85. The highest BCUT2D eigenvalue weighted by atomic mass is 28.3. The third-order valence-corrected chi connectivity index (χ3v) is 45.9. The molecule has 105 heavy (non-hydrogen) atoms. The molecule has 3 unspecified atom stereocenters. The molecule has 0 aromatic carbocycles. The van der Waals surface area contributed by atoms with Crippen LogP contribution in [0.4, 0.5) is 0 Å². The first kappa shape index (κ1) is 107. The molecule has 3 atom stereocenters. The Morgan fingerprint density at radius 3 is 0.800 bits per heavy atom. The molecule has 3 N–H and O–H groups in total. The van der Waals surface area contributed by atoms with Gasteiger partial charge in [0.25, 0.3) is 0 Å². The van der Waals surface area contributed by atoms with Gasteiger partial charge >= 0.3 is 41.8 Å². The van der Waals surface area contributed by atoms with Crippen molar-refractivity contribution < 1.29 is 86.8 Å². The fourth-order valence-electron chi connectivity index (χ4n) is 12.7. The van der Waals surface area contributed by atoms with E-state index < -0.39 is 72.4 Å². The minimum absolute atomic E-state index is 0.0534. The molecule has 0 amide bonds. The Bertz CT molecular complexity index is 2300. The first-order valence-corrected chi connectivity index (χ1v) is 47.7. The van der Waals surface area contributed by atoms with Gasteiger partial charge in [0.05, 0.1) is 44.0 Å². The highest BCUT2D eigenvalue weighted by Gasteiger charge is 2.50. The molecular formula is C83H161NO18Si3. The maximum atomic E-state index is 12.8. The lowest BCUT2D eigenvalue weighted by Crippen LogP contribution is -2.48. The fourth-order valence-corrected chi connectivity index (χ4v) is 26.5. The van der Waals surface area contributed by atoms with Crippen LogP contribution < -0.4 is 0 Å². The van der Waals surface area contributed by atoms with E-state index in [1.807, 2.05) is 0 Å². The zero-order valence-electron chi connectivity index (χ0n) is 72.3. The average molecular weight is 1550 g/mol. The highest BCUT2D eigenvalue weighted by Crippen LogP contribution is 2.56. The van der Waals surface area contributed by atoms with E-state index in [0.29, 0.717) is 48.3 Å². The second kappa shape index (κ2) is 54.6. The number of aliphatic hydroxyl groups is 1. The van der Waals surface area contributed by atoms with Crippen molar-refractivity contribution in [3.8, 4) is 0 Å². The van der Waals surface area contributed by atoms with E-state index >= 15 is 0 Å². The average Bonchev–Trinajstić information content (AvgIpc) is 0.792. The SMILES string of the molecule is C=C(C)C(=O)OCC(COCCC[Si](C)(C(C)(C)C)C(C)(C)C)OC(=O)CCCCCCCCC(=O)OC(COCCC[Si](C)(C(C)(C)C)C(C)(C)C)COC(=O)C(=C)C.C=C(C)C(=O)OCC(O)COCCC[Si](C)(C(C)(C)C)C(C)(C)C.CCN(CC)CC.O=C(O)CCCCCCCCC(=O)O. The van der Waals surface area contributed by atoms with Gasteiger partial charge < -0.3 is 58.1 Å². The van der Waals surface area contributed by atoms with Crippen LogP contribution in [0.2, 0.25) is 68.0 Å². The zero-order chi connectivity index (χ0) is 82.3. The predicted octanol–water partition coefficient (Wildman–Crippen LogP) is 20.5. The molecule has 0 rings (SSSR count). The van der Waals surface area contributed by atoms with E-state index in [0.717, 1.165) is 95.6 Å². The van der Waals surface area contributed by atoms with Gasteiger partial charge in [0.2, 0.25) is 0 Å². The van der Waals surface area contributed by atoms with Crippen LogP contribution in [0, 0.1) is 0 Å². The monoisotopic (exact) mass is 1540 g/mol. The number of esters is 5. The van der Waals surface area contributed by atoms with Crippen LogP contribution in [0.25, 0.3) is 0 Å². The van der Waals surface area contributed by atoms with Gasteiger partial charge in [-0.1, -0.05) is 254 Å². The summed E-state index contributed by atoms with van der Waals surface area (Å²) in [5.41, 5.74) is 0.895. The molecule has 0 fully saturated rings. The molecule has 0 aliphatic rings. The van der Waals surface area contributed by atoms with Crippen LogP contribution >= 0.6 is 0 Å². The summed E-state index contributed by atoms with van der Waals surface area (Å²) < 4.78 is 44.5. The third-order valence-electron chi connectivity index (χ3n) is 22.0. The number of aliphatic hydroxyl groups excluding tert-OH is 1. The first-order chi connectivity index (χ1) is 48.1. The standard InChI is InChI=1S/C48H90O10Si2.C19H38O4Si.C10H18O4.C6H15N/c1-37(2)43(51)55-35-39(33-53-29-25-31-59(17,45(5,6)7)46(8,9)10)57-41(49)27-23-21-19-20-22-24-28-42(50)58-40(36-56-44(52)38(3)4)34-54-30-26-32-60(18,47(11,12)13)48(14,15)16;1-15(2)17(21)23-14-16(20)13-22-11-10-12-24(9,18(3,4)5)19(6,7)8;11-9(12)7-5-3-1-2-4-6-8-10(13)14;1-4-7(5-2)6-3/h39-40H,1,3,19-36H2,2,4-18H3;16,20H,1,10-14H2,2-9H3;1-8H2,(H,11,12)(H,13,14);4-6H2,1-3H3. The number of hydrogen-bond donors (Lipinski definition) is 3. The van der Waals surface area contributed by atoms with Crippen molar-refractivity contribution in [3.05, 3.63) is 36.5 Å². The molecule has 0 radical (unpaired) electrons. The summed E-state index contributed by atoms with van der Waals surface area (Å²) in [5, 5.41) is 28.2. The van der Waals surface area contributed by atoms with Crippen molar-refractivity contribution in [2.75, 3.05) is 79.1 Å². The Morgan fingerprint density at radius 2 is 0.581 bits per heavy atom. The number of carbonyl (C=O) groups is 7. The Balaban J connectivity index is -0.000000909. The molecule has 618 valence electrons. The minimum Gasteiger partial charge on any atom is -0.481 e. The molecule has 0 bridgehead atoms. The summed E-state index contributed by atoms with van der Waals surface area (Å²) in [6.07, 6.45) is 11.9. The second-order valence-corrected chi connectivity index (χ2v) is 54.2. The Kier molecular flexibility index (Phi) is 55.7. The smallest absolute Gasteiger partial charge is 0.333 e. The minimum atomic E-state index is -1.65. The van der Waals surface area contributed by atoms with E-state index in [2.05, 4.69) is 190 Å². The van der Waals surface area contributed by atoms with Crippen molar-refractivity contribution in [2.24, 2.45) is 0 Å². The lowest BCUT2D eigenvalue weighted by atomic mass is 10.1. The van der Waals surface area contributed by atoms with E-state index in [4.69, 9.17) is 48.1 Å². The number of rotatable bonds is 50. The topological polar surface area (TPSA) is 257 Å². The summed E-state index contributed by atoms with van der Waals surface area (Å²) in [5.74, 6) is -3.71. The van der Waals surface area contributed by atoms with Crippen LogP contribution in [0.3, 0.4) is 0 Å². The van der Waals surface area contributed by atoms with Crippen molar-refractivity contribution in [1.29, 1.82) is 0 Å². The molecule has 0 heterocycles. The van der Waals surface area contributed by atoms with E-state index in [-0.39, 0.29) is 109 Å². The number of ether oxygens (including phenoxy) is 8. The number of carboxylic acids is 2. The molecule has 0 saturated carbocycles. The van der Waals surface area contributed by atoms with Gasteiger partial charge in [-0.2, -0.15) is 0 Å². The van der Waals surface area contributed by atoms with Crippen LogP contribution in [0.1, 0.15) is 288 Å². The summed E-state index contributed by atoms with van der Waals surface area (Å²) >= 11 is 0. The second-order valence-electron chi connectivity index (χ2n) is 35.7. The molecule has 0 aliphatic carbocycles. The molecule has 22 heteroatoms. The summed E-state index contributed by atoms with van der Waals surface area (Å²) in [6, 6.07) is 3.45. The van der Waals surface area contributed by atoms with Gasteiger partial charge in [-0.05, 0) is 116 Å². The van der Waals surface area contributed by atoms with Gasteiger partial charge in [-0.3, -0.25) is 19.2 Å². The summed E-state index contributed by atoms with van der Waals surface area (Å²) in [4.78, 5) is 83.6. The molecule has 0 aliphatic heterocycles. The lowest BCUT2D eigenvalue weighted by Gasteiger charge is -2.50. The van der Waals surface area contributed by atoms with E-state index in [9.17, 15) is 38.7 Å². The maximum Gasteiger partial charge on any atom is 0.333 e. The van der Waals surface area contributed by atoms with Crippen LogP contribution in [0.15, 0.2) is 36.5 Å². The summed E-state index contributed by atoms with van der Waals surface area (Å²) in [6.45, 7) is 77.3. The number of carbonyl (C=O) groups excluding carboxylic acids is 5. The Labute approximate surface area is 644 Å². The van der Waals surface area contributed by atoms with Crippen molar-refractivity contribution in [2.45, 2.75) is 374 Å². The number of hydrogen-bond acceptors (Lipinski definition) is 17. The first-order valence-electron chi connectivity index (χ1n) is 39.5. The quantitative estimate of drug-likeness (QED) is 0.0168. The number of carboxylic acid groups (broad SMARTS) is 2. The van der Waals surface area contributed by atoms with Crippen LogP contribution in [-0.2, 0) is 71.5 Å². The van der Waals surface area contributed by atoms with Gasteiger partial charge in [0.1, 0.15) is 25.9 Å². The molecule has 0 spiro atoms. The molecule has 0 aromatic rings. The number of unbranched alkanes of at least 4 members (excludes halogenated alkanes) is 10. The molecular weight excluding hydrogens is 1380 g/mol. The normalized spacial score (nSPS) is 13.3. The van der Waals surface area contributed by atoms with Gasteiger partial charge in [-0.15, -0.1) is 0 Å². The molecule has 19 nitrogen and oxygen atoms in total. The third kappa shape index (κ3) is 49.0. The number of aliphatic carboxylic acids is 2. The van der Waals surface area contributed by atoms with Crippen molar-refractivity contribution in [1.82, 2.24) is 4.90 Å². The maximum absolute atomic E-state index is 12.8. The number of nitrogens with zero attached hydrogens (tertiary/aromatic N) is 1. The molecule has 0 saturated heterocycles. The van der Waals surface area contributed by atoms with Gasteiger partial charge in [0.15, 0.2) is 12.2 Å². The van der Waals surface area contributed by atoms with Crippen molar-refractivity contribution in [3.63, 3.8) is 0 Å². The molecule has 0 aromatic heterocycles. The Morgan fingerprint density at radius 1 is 0.352 bits per heavy atom. The summed E-state index contributed by atoms with van der Waals surface area (Å²) in [7, 11) is -4.80. The van der Waals surface area contributed by atoms with Gasteiger partial charge in [-0.25, -0.2) is 14.4 Å². The largest absolute Gasteiger partial charge is 0.481 e. The predicted molar refractivity (Wildman–Crippen MR) is 440 cm³/mol. The van der Waals surface area contributed by atoms with Crippen molar-refractivity contribution >= 4 is 66.0 Å². The van der Waals surface area contributed by atoms with E-state index in [1.54, 1.807) is 20.8 Å². The van der Waals surface area contributed by atoms with Gasteiger partial charge in [0, 0.05) is 62.2 Å². The zero-order valence-corrected chi connectivity index (χ0v) is 75.3. The lowest BCUT2D eigenvalue weighted by molar-refractivity contribution is -0.161. The van der Waals surface area contributed by atoms with E-state index in [1.165, 1.54) is 25.7 Å². The Hall–Kier alpha value is -4.04. The van der Waals surface area contributed by atoms with Crippen LogP contribution in [-0.4, -0.2) is 184 Å². The fraction of sp³-hybridized carbons (Fsp3) is 0.843. The van der Waals surface area contributed by atoms with Crippen LogP contribution in [0.5, 0.6) is 0 Å².